The average Bonchev–Trinajstić information content (AvgIpc) is 1.00. The maximum absolute atomic E-state index is 13.7. The van der Waals surface area contributed by atoms with Gasteiger partial charge in [0.25, 0.3) is 0 Å². The number of amides is 5. The number of carboxylic acids is 7. The van der Waals surface area contributed by atoms with E-state index in [0.717, 1.165) is 11.3 Å². The second kappa shape index (κ2) is 46.5. The largest absolute Gasteiger partial charge is 0.490 e. The maximum Gasteiger partial charge on any atom is 0.490 e. The number of aliphatic imine (C=N–C) groups is 1. The standard InChI is InChI=1S/C45H66N12O10S3.4C2HF3O2/c1-4-31(2)41(43(66)46-14-15-47-45(69)51-35-11-9-33(10-12-35)49-30-68)53-42(65)36(13-24-70-3)52-44(67)50-34-7-5-32(6-8-34)25-48-37(58)26-54-16-18-55(27-38(59)60)20-22-57(29-40(63)64)23-21-56(19-17-54)28-39(61)62;4*3-2(4,5)1(6)7/h5-12,31,36,41H,4,13-29H2,1-3H3,(H,46,66)(H,48,58)(H,53,65)(H,59,60)(H,61,62)(H,63,64)(H2,47,51,69)(H2,50,52,67);4*(H,6,7)/t31-,36-,41-;;;;/m0..../s1. The minimum absolute atomic E-state index is 0.0462. The van der Waals surface area contributed by atoms with Crippen LogP contribution in [-0.2, 0) is 54.5 Å². The quantitative estimate of drug-likeness (QED) is 0.0290. The third-order valence-corrected chi connectivity index (χ3v) is 13.1. The molecule has 45 heteroatoms. The summed E-state index contributed by atoms with van der Waals surface area (Å²) in [5.74, 6) is -15.0. The van der Waals surface area contributed by atoms with Gasteiger partial charge in [-0.3, -0.25) is 48.4 Å². The summed E-state index contributed by atoms with van der Waals surface area (Å²) in [5, 5.41) is 79.7. The van der Waals surface area contributed by atoms with Crippen LogP contribution >= 0.6 is 36.2 Å². The van der Waals surface area contributed by atoms with Crippen molar-refractivity contribution in [3.63, 3.8) is 0 Å². The van der Waals surface area contributed by atoms with Crippen molar-refractivity contribution in [3.8, 4) is 0 Å². The lowest BCUT2D eigenvalue weighted by Crippen LogP contribution is -2.56. The molecule has 98 heavy (non-hydrogen) atoms. The smallest absolute Gasteiger partial charge is 0.480 e. The summed E-state index contributed by atoms with van der Waals surface area (Å²) in [7, 11) is 0. The minimum atomic E-state index is -5.08. The minimum Gasteiger partial charge on any atom is -0.480 e. The van der Waals surface area contributed by atoms with Crippen LogP contribution < -0.4 is 37.2 Å². The number of hydrogen-bond donors (Lipinski definition) is 14. The van der Waals surface area contributed by atoms with E-state index in [4.69, 9.17) is 51.8 Å². The Morgan fingerprint density at radius 3 is 1.24 bits per heavy atom. The number of isothiocyanates is 1. The van der Waals surface area contributed by atoms with Gasteiger partial charge in [0.1, 0.15) is 12.1 Å². The number of benzene rings is 2. The molecule has 1 aliphatic rings. The molecule has 1 saturated heterocycles. The maximum atomic E-state index is 13.7. The number of urea groups is 1. The molecule has 14 N–H and O–H groups in total. The number of carbonyl (C=O) groups excluding carboxylic acids is 4. The van der Waals surface area contributed by atoms with Gasteiger partial charge in [0, 0.05) is 83.4 Å². The Kier molecular flexibility index (Phi) is 43.3. The van der Waals surface area contributed by atoms with Gasteiger partial charge in [0.05, 0.1) is 37.0 Å². The Hall–Kier alpha value is -8.75. The number of rotatable bonds is 25. The Balaban J connectivity index is 0. The van der Waals surface area contributed by atoms with Crippen LogP contribution in [0.1, 0.15) is 32.3 Å². The van der Waals surface area contributed by atoms with Crippen LogP contribution in [-0.4, -0.2) is 272 Å². The predicted molar refractivity (Wildman–Crippen MR) is 330 cm³/mol. The third-order valence-electron chi connectivity index (χ3n) is 12.1. The van der Waals surface area contributed by atoms with Gasteiger partial charge in [0.2, 0.25) is 17.7 Å². The van der Waals surface area contributed by atoms with Crippen LogP contribution in [0.5, 0.6) is 0 Å². The zero-order valence-corrected chi connectivity index (χ0v) is 54.1. The van der Waals surface area contributed by atoms with Crippen molar-refractivity contribution in [1.82, 2.24) is 46.2 Å². The summed E-state index contributed by atoms with van der Waals surface area (Å²) in [5.41, 5.74) is 2.54. The highest BCUT2D eigenvalue weighted by Crippen LogP contribution is 2.18. The number of nitrogens with zero attached hydrogens (tertiary/aromatic N) is 5. The Bertz CT molecular complexity index is 2850. The first kappa shape index (κ1) is 91.3. The van der Waals surface area contributed by atoms with Gasteiger partial charge in [-0.1, -0.05) is 32.4 Å². The van der Waals surface area contributed by atoms with Gasteiger partial charge in [-0.05, 0) is 90.7 Å². The molecule has 1 aliphatic heterocycles. The molecule has 0 saturated carbocycles. The fourth-order valence-electron chi connectivity index (χ4n) is 7.06. The van der Waals surface area contributed by atoms with Crippen molar-refractivity contribution in [2.45, 2.75) is 70.0 Å². The fourth-order valence-corrected chi connectivity index (χ4v) is 7.85. The molecular weight excluding hydrogens is 1420 g/mol. The monoisotopic (exact) mass is 1490 g/mol. The molecule has 0 radical (unpaired) electrons. The molecule has 1 fully saturated rings. The van der Waals surface area contributed by atoms with Gasteiger partial charge in [-0.15, -0.1) is 0 Å². The van der Waals surface area contributed by atoms with E-state index in [1.54, 1.807) is 63.2 Å². The van der Waals surface area contributed by atoms with Crippen LogP contribution in [0.15, 0.2) is 53.5 Å². The summed E-state index contributed by atoms with van der Waals surface area (Å²) >= 11 is 11.5. The number of alkyl halides is 12. The van der Waals surface area contributed by atoms with Crippen LogP contribution in [0.25, 0.3) is 0 Å². The molecule has 0 aromatic heterocycles. The normalized spacial score (nSPS) is 14.3. The number of carboxylic acid groups (broad SMARTS) is 7. The Morgan fingerprint density at radius 2 is 0.898 bits per heavy atom. The molecule has 0 bridgehead atoms. The zero-order valence-electron chi connectivity index (χ0n) is 51.7. The van der Waals surface area contributed by atoms with E-state index in [1.165, 1.54) is 11.8 Å². The zero-order chi connectivity index (χ0) is 75.7. The highest BCUT2D eigenvalue weighted by Gasteiger charge is 2.40. The Morgan fingerprint density at radius 1 is 0.541 bits per heavy atom. The number of hydrogen-bond acceptors (Lipinski definition) is 19. The Labute approximate surface area is 563 Å². The highest BCUT2D eigenvalue weighted by atomic mass is 32.2. The van der Waals surface area contributed by atoms with Crippen molar-refractivity contribution >= 4 is 129 Å². The summed E-state index contributed by atoms with van der Waals surface area (Å²) < 4.78 is 127. The third kappa shape index (κ3) is 44.9. The molecule has 30 nitrogen and oxygen atoms in total. The van der Waals surface area contributed by atoms with Gasteiger partial charge in [-0.25, -0.2) is 24.0 Å². The number of halogens is 12. The highest BCUT2D eigenvalue weighted by molar-refractivity contribution is 7.98. The number of thiocarbonyl (C=S) groups is 2. The number of aliphatic carboxylic acids is 7. The predicted octanol–water partition coefficient (Wildman–Crippen LogP) is 3.92. The number of carbonyl (C=O) groups is 11. The first-order valence-corrected chi connectivity index (χ1v) is 29.9. The molecule has 1 heterocycles. The van der Waals surface area contributed by atoms with Crippen LogP contribution in [0.3, 0.4) is 0 Å². The molecule has 5 amide bonds. The first-order valence-electron chi connectivity index (χ1n) is 27.7. The molecule has 0 unspecified atom stereocenters. The topological polar surface area (TPSA) is 439 Å². The summed E-state index contributed by atoms with van der Waals surface area (Å²) in [6.07, 6.45) is -17.5. The summed E-state index contributed by atoms with van der Waals surface area (Å²) in [6.45, 7) is 5.80. The van der Waals surface area contributed by atoms with Gasteiger partial charge in [-0.2, -0.15) is 69.4 Å². The fraction of sp³-hybridized carbons (Fsp3) is 0.528. The number of anilines is 2. The molecule has 2 aromatic rings. The summed E-state index contributed by atoms with van der Waals surface area (Å²) in [6, 6.07) is 11.4. The first-order chi connectivity index (χ1) is 45.2. The van der Waals surface area contributed by atoms with E-state index in [-0.39, 0.29) is 96.3 Å². The van der Waals surface area contributed by atoms with Crippen LogP contribution in [0, 0.1) is 5.92 Å². The second-order valence-corrected chi connectivity index (χ2v) is 21.3. The second-order valence-electron chi connectivity index (χ2n) is 19.7. The van der Waals surface area contributed by atoms with E-state index in [2.05, 4.69) is 59.6 Å². The molecule has 3 rings (SSSR count). The van der Waals surface area contributed by atoms with E-state index in [1.807, 2.05) is 25.0 Å². The summed E-state index contributed by atoms with van der Waals surface area (Å²) in [4.78, 5) is 135. The lowest BCUT2D eigenvalue weighted by atomic mass is 9.97. The van der Waals surface area contributed by atoms with Crippen LogP contribution in [0.4, 0.5) is 74.5 Å². The van der Waals surface area contributed by atoms with E-state index < -0.39 is 90.5 Å². The van der Waals surface area contributed by atoms with E-state index in [9.17, 15) is 102 Å². The number of thioether (sulfide) groups is 1. The van der Waals surface area contributed by atoms with E-state index in [0.29, 0.717) is 54.7 Å². The average molecular weight is 1490 g/mol. The molecule has 552 valence electrons. The lowest BCUT2D eigenvalue weighted by molar-refractivity contribution is -0.193. The molecule has 0 aliphatic carbocycles. The number of nitrogens with one attached hydrogen (secondary N) is 7. The van der Waals surface area contributed by atoms with Gasteiger partial charge < -0.3 is 73.0 Å². The SMILES string of the molecule is CC[C@H](C)[C@H](NC(=O)[C@H](CCSC)NC(=O)Nc1ccc(CNC(=O)CN2CCN(CC(=O)O)CCN(CC(=O)O)CCN(CC(=O)O)CC2)cc1)C(=O)NCCNC(=S)Nc1ccc(N=C=S)cc1.O=C(O)C(F)(F)F.O=C(O)C(F)(F)F.O=C(O)C(F)(F)F.O=C(O)C(F)(F)F. The van der Waals surface area contributed by atoms with Crippen molar-refractivity contribution in [3.05, 3.63) is 54.1 Å². The molecule has 0 spiro atoms. The van der Waals surface area contributed by atoms with Crippen LogP contribution in [0.2, 0.25) is 0 Å². The van der Waals surface area contributed by atoms with Gasteiger partial charge in [0.15, 0.2) is 5.11 Å². The van der Waals surface area contributed by atoms with Gasteiger partial charge >= 0.3 is 72.5 Å². The van der Waals surface area contributed by atoms with Crippen molar-refractivity contribution < 1.29 is 141 Å². The molecule has 2 aromatic carbocycles. The molecule has 3 atom stereocenters. The van der Waals surface area contributed by atoms with Crippen molar-refractivity contribution in [2.24, 2.45) is 10.9 Å². The lowest BCUT2D eigenvalue weighted by Gasteiger charge is -2.32. The van der Waals surface area contributed by atoms with E-state index >= 15 is 0 Å². The van der Waals surface area contributed by atoms with Crippen molar-refractivity contribution in [2.75, 3.05) is 114 Å². The molecular formula is C53H70F12N12O18S3. The van der Waals surface area contributed by atoms with Crippen molar-refractivity contribution in [1.29, 1.82) is 0 Å².